The fraction of sp³-hybridized carbons (Fsp3) is 0.500. The van der Waals surface area contributed by atoms with E-state index in [2.05, 4.69) is 39.4 Å². The van der Waals surface area contributed by atoms with Crippen LogP contribution in [0.4, 0.5) is 17.5 Å². The molecule has 8 heteroatoms. The Kier molecular flexibility index (Phi) is 4.47. The second kappa shape index (κ2) is 7.00. The van der Waals surface area contributed by atoms with Gasteiger partial charge in [0.15, 0.2) is 0 Å². The van der Waals surface area contributed by atoms with Gasteiger partial charge in [-0.15, -0.1) is 0 Å². The SMILES string of the molecule is O=S1CCc2nc(N3CCN(c4ccccc4)CC3)nc(NC3(CO)CC3)c21. The normalized spacial score (nSPS) is 22.8. The molecule has 28 heavy (non-hydrogen) atoms. The molecule has 1 aromatic carbocycles. The van der Waals surface area contributed by atoms with Crippen molar-refractivity contribution in [3.05, 3.63) is 36.0 Å². The molecule has 0 spiro atoms. The average molecular weight is 400 g/mol. The Hall–Kier alpha value is -2.19. The summed E-state index contributed by atoms with van der Waals surface area (Å²) < 4.78 is 12.5. The van der Waals surface area contributed by atoms with Crippen LogP contribution in [0, 0.1) is 0 Å². The molecule has 0 amide bonds. The maximum atomic E-state index is 12.5. The van der Waals surface area contributed by atoms with E-state index >= 15 is 0 Å². The molecule has 5 rings (SSSR count). The van der Waals surface area contributed by atoms with Crippen molar-refractivity contribution in [1.29, 1.82) is 0 Å². The lowest BCUT2D eigenvalue weighted by Crippen LogP contribution is -2.47. The molecule has 2 aliphatic heterocycles. The lowest BCUT2D eigenvalue weighted by Gasteiger charge is -2.36. The Balaban J connectivity index is 1.38. The minimum absolute atomic E-state index is 0.0729. The van der Waals surface area contributed by atoms with Crippen molar-refractivity contribution in [1.82, 2.24) is 9.97 Å². The van der Waals surface area contributed by atoms with Gasteiger partial charge in [-0.1, -0.05) is 18.2 Å². The summed E-state index contributed by atoms with van der Waals surface area (Å²) in [6.45, 7) is 3.60. The van der Waals surface area contributed by atoms with E-state index < -0.39 is 10.8 Å². The van der Waals surface area contributed by atoms with Gasteiger partial charge in [-0.3, -0.25) is 4.21 Å². The molecule has 3 heterocycles. The third-order valence-corrected chi connectivity index (χ3v) is 7.36. The second-order valence-corrected chi connectivity index (χ2v) is 9.33. The molecule has 148 valence electrons. The number of nitrogens with one attached hydrogen (secondary N) is 1. The summed E-state index contributed by atoms with van der Waals surface area (Å²) in [7, 11) is -1.06. The van der Waals surface area contributed by atoms with Gasteiger partial charge in [-0.2, -0.15) is 4.98 Å². The molecule has 2 N–H and O–H groups in total. The van der Waals surface area contributed by atoms with Crippen LogP contribution < -0.4 is 15.1 Å². The van der Waals surface area contributed by atoms with E-state index in [0.717, 1.165) is 56.0 Å². The van der Waals surface area contributed by atoms with Gasteiger partial charge in [0.25, 0.3) is 0 Å². The van der Waals surface area contributed by atoms with Crippen molar-refractivity contribution >= 4 is 28.3 Å². The van der Waals surface area contributed by atoms with E-state index in [4.69, 9.17) is 9.97 Å². The molecule has 3 aliphatic rings. The molecule has 1 aromatic heterocycles. The fourth-order valence-electron chi connectivity index (χ4n) is 3.94. The standard InChI is InChI=1S/C20H25N5O2S/c26-14-20(7-8-20)23-18-17-16(6-13-28(17)27)21-19(22-18)25-11-9-24(10-12-25)15-4-2-1-3-5-15/h1-5,26H,6-14H2,(H,21,22,23). The summed E-state index contributed by atoms with van der Waals surface area (Å²) >= 11 is 0. The number of piperazine rings is 1. The number of hydrogen-bond acceptors (Lipinski definition) is 7. The highest BCUT2D eigenvalue weighted by molar-refractivity contribution is 7.85. The Morgan fingerprint density at radius 2 is 1.79 bits per heavy atom. The molecule has 1 unspecified atom stereocenters. The highest BCUT2D eigenvalue weighted by atomic mass is 32.2. The summed E-state index contributed by atoms with van der Waals surface area (Å²) in [5.74, 6) is 1.98. The predicted octanol–water partition coefficient (Wildman–Crippen LogP) is 1.40. The van der Waals surface area contributed by atoms with Gasteiger partial charge < -0.3 is 20.2 Å². The molecular weight excluding hydrogens is 374 g/mol. The number of benzene rings is 1. The quantitative estimate of drug-likeness (QED) is 0.787. The third-order valence-electron chi connectivity index (χ3n) is 5.90. The highest BCUT2D eigenvalue weighted by Crippen LogP contribution is 2.41. The van der Waals surface area contributed by atoms with Crippen molar-refractivity contribution in [2.75, 3.05) is 53.7 Å². The van der Waals surface area contributed by atoms with E-state index in [1.807, 2.05) is 6.07 Å². The largest absolute Gasteiger partial charge is 0.394 e. The van der Waals surface area contributed by atoms with Gasteiger partial charge in [0.1, 0.15) is 10.7 Å². The van der Waals surface area contributed by atoms with Crippen molar-refractivity contribution in [2.24, 2.45) is 0 Å². The number of para-hydroxylation sites is 1. The number of aryl methyl sites for hydroxylation is 1. The zero-order valence-corrected chi connectivity index (χ0v) is 16.6. The number of anilines is 3. The number of fused-ring (bicyclic) bond motifs is 1. The van der Waals surface area contributed by atoms with E-state index in [1.165, 1.54) is 5.69 Å². The monoisotopic (exact) mass is 399 g/mol. The van der Waals surface area contributed by atoms with Crippen LogP contribution in [-0.2, 0) is 17.2 Å². The number of nitrogens with zero attached hydrogens (tertiary/aromatic N) is 4. The van der Waals surface area contributed by atoms with Gasteiger partial charge in [-0.05, 0) is 25.0 Å². The average Bonchev–Trinajstić information content (AvgIpc) is 3.42. The van der Waals surface area contributed by atoms with Crippen LogP contribution in [0.15, 0.2) is 35.2 Å². The van der Waals surface area contributed by atoms with Gasteiger partial charge >= 0.3 is 0 Å². The minimum Gasteiger partial charge on any atom is -0.394 e. The molecule has 2 aromatic rings. The molecule has 7 nitrogen and oxygen atoms in total. The summed E-state index contributed by atoms with van der Waals surface area (Å²) in [6.07, 6.45) is 2.56. The van der Waals surface area contributed by atoms with Gasteiger partial charge in [0.2, 0.25) is 5.95 Å². The molecule has 1 aliphatic carbocycles. The fourth-order valence-corrected chi connectivity index (χ4v) is 5.24. The molecule has 0 bridgehead atoms. The first-order valence-corrected chi connectivity index (χ1v) is 11.2. The van der Waals surface area contributed by atoms with Crippen molar-refractivity contribution in [2.45, 2.75) is 29.7 Å². The second-order valence-electron chi connectivity index (χ2n) is 7.82. The van der Waals surface area contributed by atoms with Crippen LogP contribution in [0.2, 0.25) is 0 Å². The van der Waals surface area contributed by atoms with Crippen LogP contribution >= 0.6 is 0 Å². The van der Waals surface area contributed by atoms with Crippen LogP contribution in [0.25, 0.3) is 0 Å². The molecule has 0 radical (unpaired) electrons. The van der Waals surface area contributed by atoms with Crippen LogP contribution in [0.5, 0.6) is 0 Å². The smallest absolute Gasteiger partial charge is 0.227 e. The Morgan fingerprint density at radius 1 is 1.07 bits per heavy atom. The lowest BCUT2D eigenvalue weighted by molar-refractivity contribution is 0.265. The topological polar surface area (TPSA) is 81.6 Å². The maximum Gasteiger partial charge on any atom is 0.227 e. The first-order chi connectivity index (χ1) is 13.7. The Morgan fingerprint density at radius 3 is 2.46 bits per heavy atom. The zero-order chi connectivity index (χ0) is 19.1. The summed E-state index contributed by atoms with van der Waals surface area (Å²) in [5.41, 5.74) is 1.84. The van der Waals surface area contributed by atoms with E-state index in [9.17, 15) is 9.32 Å². The Labute approximate surface area is 167 Å². The minimum atomic E-state index is -1.06. The van der Waals surface area contributed by atoms with E-state index in [1.54, 1.807) is 0 Å². The van der Waals surface area contributed by atoms with Crippen molar-refractivity contribution in [3.8, 4) is 0 Å². The summed E-state index contributed by atoms with van der Waals surface area (Å²) in [6, 6.07) is 10.5. The van der Waals surface area contributed by atoms with Crippen molar-refractivity contribution in [3.63, 3.8) is 0 Å². The van der Waals surface area contributed by atoms with Crippen LogP contribution in [0.3, 0.4) is 0 Å². The molecule has 1 saturated carbocycles. The molecular formula is C20H25N5O2S. The summed E-state index contributed by atoms with van der Waals surface area (Å²) in [5, 5.41) is 13.1. The zero-order valence-electron chi connectivity index (χ0n) is 15.8. The van der Waals surface area contributed by atoms with Crippen molar-refractivity contribution < 1.29 is 9.32 Å². The number of aromatic nitrogens is 2. The van der Waals surface area contributed by atoms with Gasteiger partial charge in [0.05, 0.1) is 28.6 Å². The van der Waals surface area contributed by atoms with Crippen LogP contribution in [-0.4, -0.2) is 63.4 Å². The van der Waals surface area contributed by atoms with Gasteiger partial charge in [0, 0.05) is 44.0 Å². The predicted molar refractivity (Wildman–Crippen MR) is 111 cm³/mol. The maximum absolute atomic E-state index is 12.5. The summed E-state index contributed by atoms with van der Waals surface area (Å²) in [4.78, 5) is 14.9. The molecule has 1 atom stereocenters. The number of aliphatic hydroxyl groups is 1. The van der Waals surface area contributed by atoms with E-state index in [-0.39, 0.29) is 12.1 Å². The number of aliphatic hydroxyl groups excluding tert-OH is 1. The highest BCUT2D eigenvalue weighted by Gasteiger charge is 2.44. The third kappa shape index (κ3) is 3.24. The van der Waals surface area contributed by atoms with Crippen LogP contribution in [0.1, 0.15) is 18.5 Å². The molecule has 1 saturated heterocycles. The van der Waals surface area contributed by atoms with Gasteiger partial charge in [-0.25, -0.2) is 4.98 Å². The number of rotatable bonds is 5. The first-order valence-electron chi connectivity index (χ1n) is 9.91. The Bertz CT molecular complexity index is 895. The molecule has 2 fully saturated rings. The first kappa shape index (κ1) is 17.9. The lowest BCUT2D eigenvalue weighted by atomic mass is 10.2. The van der Waals surface area contributed by atoms with E-state index in [0.29, 0.717) is 17.5 Å². The number of hydrogen-bond donors (Lipinski definition) is 2.